The second-order valence-electron chi connectivity index (χ2n) is 5.57. The molecule has 0 aromatic carbocycles. The number of aliphatic hydroxyl groups excluding tert-OH is 1. The molecule has 0 saturated carbocycles. The van der Waals surface area contributed by atoms with E-state index in [9.17, 15) is 5.11 Å². The lowest BCUT2D eigenvalue weighted by Crippen LogP contribution is -2.59. The number of hydrogen-bond acceptors (Lipinski definition) is 4. The predicted octanol–water partition coefficient (Wildman–Crippen LogP) is 2.32. The Labute approximate surface area is 113 Å². The normalized spacial score (nSPS) is 22.9. The number of pyridine rings is 2. The Kier molecular flexibility index (Phi) is 2.90. The van der Waals surface area contributed by atoms with Gasteiger partial charge >= 0.3 is 0 Å². The van der Waals surface area contributed by atoms with Gasteiger partial charge in [-0.1, -0.05) is 13.8 Å². The fourth-order valence-corrected chi connectivity index (χ4v) is 2.65. The molecule has 0 radical (unpaired) electrons. The highest BCUT2D eigenvalue weighted by atomic mass is 16.3. The van der Waals surface area contributed by atoms with Gasteiger partial charge in [-0.3, -0.25) is 4.98 Å². The van der Waals surface area contributed by atoms with Gasteiger partial charge in [-0.25, -0.2) is 4.98 Å². The van der Waals surface area contributed by atoms with E-state index in [4.69, 9.17) is 0 Å². The van der Waals surface area contributed by atoms with Crippen molar-refractivity contribution in [1.29, 1.82) is 0 Å². The standard InChI is InChI=1S/C15H19N3O/c1-9(2)12-7-17-15(18-8-14(19)10(18)3)13-6-16-5-4-11(12)13/h4-7,9-10,14,19H,8H2,1-3H3/t10-,14+/m1/s1. The topological polar surface area (TPSA) is 49.2 Å². The van der Waals surface area contributed by atoms with Gasteiger partial charge in [0.25, 0.3) is 0 Å². The van der Waals surface area contributed by atoms with Crippen LogP contribution in [-0.2, 0) is 0 Å². The lowest BCUT2D eigenvalue weighted by molar-refractivity contribution is 0.0990. The first kappa shape index (κ1) is 12.4. The highest BCUT2D eigenvalue weighted by molar-refractivity contribution is 5.94. The van der Waals surface area contributed by atoms with Crippen molar-refractivity contribution in [1.82, 2.24) is 9.97 Å². The summed E-state index contributed by atoms with van der Waals surface area (Å²) in [6.07, 6.45) is 5.41. The average molecular weight is 257 g/mol. The van der Waals surface area contributed by atoms with E-state index in [0.717, 1.165) is 11.2 Å². The van der Waals surface area contributed by atoms with Gasteiger partial charge in [0, 0.05) is 30.5 Å². The van der Waals surface area contributed by atoms with Crippen molar-refractivity contribution in [2.45, 2.75) is 38.8 Å². The maximum Gasteiger partial charge on any atom is 0.138 e. The molecule has 2 aromatic rings. The maximum absolute atomic E-state index is 9.68. The Hall–Kier alpha value is -1.68. The molecule has 3 rings (SSSR count). The molecule has 19 heavy (non-hydrogen) atoms. The number of nitrogens with zero attached hydrogens (tertiary/aromatic N) is 3. The smallest absolute Gasteiger partial charge is 0.138 e. The predicted molar refractivity (Wildman–Crippen MR) is 76.4 cm³/mol. The zero-order chi connectivity index (χ0) is 13.6. The molecule has 2 atom stereocenters. The molecule has 1 aliphatic rings. The van der Waals surface area contributed by atoms with E-state index in [1.807, 2.05) is 25.5 Å². The van der Waals surface area contributed by atoms with Crippen molar-refractivity contribution >= 4 is 16.6 Å². The molecule has 2 aromatic heterocycles. The molecule has 0 spiro atoms. The van der Waals surface area contributed by atoms with Gasteiger partial charge in [0.2, 0.25) is 0 Å². The summed E-state index contributed by atoms with van der Waals surface area (Å²) in [6, 6.07) is 2.18. The number of aliphatic hydroxyl groups is 1. The van der Waals surface area contributed by atoms with Crippen LogP contribution in [0.25, 0.3) is 10.8 Å². The fraction of sp³-hybridized carbons (Fsp3) is 0.467. The minimum absolute atomic E-state index is 0.126. The number of fused-ring (bicyclic) bond motifs is 1. The largest absolute Gasteiger partial charge is 0.389 e. The summed E-state index contributed by atoms with van der Waals surface area (Å²) in [4.78, 5) is 11.0. The summed E-state index contributed by atoms with van der Waals surface area (Å²) in [6.45, 7) is 7.02. The third-order valence-electron chi connectivity index (χ3n) is 4.03. The van der Waals surface area contributed by atoms with Crippen LogP contribution >= 0.6 is 0 Å². The molecule has 1 fully saturated rings. The number of anilines is 1. The number of rotatable bonds is 2. The van der Waals surface area contributed by atoms with Crippen LogP contribution in [0.15, 0.2) is 24.7 Å². The van der Waals surface area contributed by atoms with E-state index >= 15 is 0 Å². The summed E-state index contributed by atoms with van der Waals surface area (Å²) in [5.41, 5.74) is 1.25. The quantitative estimate of drug-likeness (QED) is 0.897. The molecule has 1 saturated heterocycles. The molecule has 0 aliphatic carbocycles. The zero-order valence-electron chi connectivity index (χ0n) is 11.5. The molecule has 100 valence electrons. The van der Waals surface area contributed by atoms with Crippen LogP contribution in [0.2, 0.25) is 0 Å². The minimum Gasteiger partial charge on any atom is -0.389 e. The van der Waals surface area contributed by atoms with Gasteiger partial charge < -0.3 is 10.0 Å². The minimum atomic E-state index is -0.252. The van der Waals surface area contributed by atoms with Gasteiger partial charge in [0.05, 0.1) is 12.1 Å². The van der Waals surface area contributed by atoms with Crippen LogP contribution in [-0.4, -0.2) is 33.8 Å². The van der Waals surface area contributed by atoms with Crippen molar-refractivity contribution in [3.05, 3.63) is 30.2 Å². The third-order valence-corrected chi connectivity index (χ3v) is 4.03. The Morgan fingerprint density at radius 1 is 1.32 bits per heavy atom. The highest BCUT2D eigenvalue weighted by Gasteiger charge is 2.35. The lowest BCUT2D eigenvalue weighted by Gasteiger charge is -2.44. The lowest BCUT2D eigenvalue weighted by atomic mass is 9.97. The van der Waals surface area contributed by atoms with Crippen LogP contribution in [0.1, 0.15) is 32.3 Å². The third kappa shape index (κ3) is 1.87. The summed E-state index contributed by atoms with van der Waals surface area (Å²) in [5.74, 6) is 1.37. The highest BCUT2D eigenvalue weighted by Crippen LogP contribution is 2.34. The van der Waals surface area contributed by atoms with Gasteiger partial charge in [-0.05, 0) is 29.9 Å². The molecule has 0 unspecified atom stereocenters. The van der Waals surface area contributed by atoms with Gasteiger partial charge in [-0.15, -0.1) is 0 Å². The molecule has 4 heteroatoms. The number of hydrogen-bond donors (Lipinski definition) is 1. The number of aromatic nitrogens is 2. The summed E-state index contributed by atoms with van der Waals surface area (Å²) in [7, 11) is 0. The molecule has 3 heterocycles. The molecular weight excluding hydrogens is 238 g/mol. The van der Waals surface area contributed by atoms with Crippen molar-refractivity contribution < 1.29 is 5.11 Å². The van der Waals surface area contributed by atoms with E-state index < -0.39 is 0 Å². The van der Waals surface area contributed by atoms with Crippen LogP contribution in [0.4, 0.5) is 5.82 Å². The summed E-state index contributed by atoms with van der Waals surface area (Å²) >= 11 is 0. The Bertz CT molecular complexity index is 611. The monoisotopic (exact) mass is 257 g/mol. The molecule has 1 N–H and O–H groups in total. The molecular formula is C15H19N3O. The molecule has 4 nitrogen and oxygen atoms in total. The van der Waals surface area contributed by atoms with E-state index in [0.29, 0.717) is 12.5 Å². The SMILES string of the molecule is CC(C)c1cnc(N2C[C@H](O)[C@H]2C)c2cnccc12. The second kappa shape index (κ2) is 4.46. The van der Waals surface area contributed by atoms with Gasteiger partial charge in [0.15, 0.2) is 0 Å². The van der Waals surface area contributed by atoms with Gasteiger partial charge in [0.1, 0.15) is 5.82 Å². The van der Waals surface area contributed by atoms with Crippen LogP contribution in [0, 0.1) is 0 Å². The van der Waals surface area contributed by atoms with Crippen LogP contribution in [0.3, 0.4) is 0 Å². The Morgan fingerprint density at radius 2 is 2.11 bits per heavy atom. The maximum atomic E-state index is 9.68. The first-order chi connectivity index (χ1) is 9.09. The zero-order valence-corrected chi connectivity index (χ0v) is 11.5. The van der Waals surface area contributed by atoms with E-state index in [1.54, 1.807) is 0 Å². The van der Waals surface area contributed by atoms with E-state index in [1.165, 1.54) is 10.9 Å². The van der Waals surface area contributed by atoms with Crippen molar-refractivity contribution in [2.24, 2.45) is 0 Å². The van der Waals surface area contributed by atoms with Crippen molar-refractivity contribution in [3.8, 4) is 0 Å². The first-order valence-corrected chi connectivity index (χ1v) is 6.77. The Balaban J connectivity index is 2.15. The second-order valence-corrected chi connectivity index (χ2v) is 5.57. The van der Waals surface area contributed by atoms with Crippen LogP contribution < -0.4 is 4.90 Å². The first-order valence-electron chi connectivity index (χ1n) is 6.77. The average Bonchev–Trinajstić information content (AvgIpc) is 2.43. The summed E-state index contributed by atoms with van der Waals surface area (Å²) < 4.78 is 0. The summed E-state index contributed by atoms with van der Waals surface area (Å²) in [5, 5.41) is 12.0. The molecule has 0 bridgehead atoms. The fourth-order valence-electron chi connectivity index (χ4n) is 2.65. The molecule has 0 amide bonds. The van der Waals surface area contributed by atoms with Crippen molar-refractivity contribution in [3.63, 3.8) is 0 Å². The van der Waals surface area contributed by atoms with E-state index in [-0.39, 0.29) is 12.1 Å². The van der Waals surface area contributed by atoms with Crippen molar-refractivity contribution in [2.75, 3.05) is 11.4 Å². The Morgan fingerprint density at radius 3 is 2.74 bits per heavy atom. The van der Waals surface area contributed by atoms with Crippen LogP contribution in [0.5, 0.6) is 0 Å². The van der Waals surface area contributed by atoms with E-state index in [2.05, 4.69) is 34.8 Å². The molecule has 1 aliphatic heterocycles. The number of β-amino-alcohol motifs (C(OH)–C–C–N with tert-alkyl or cyclic N) is 1. The van der Waals surface area contributed by atoms with Gasteiger partial charge in [-0.2, -0.15) is 0 Å².